The first-order chi connectivity index (χ1) is 5.77. The molecule has 0 spiro atoms. The van der Waals surface area contributed by atoms with Gasteiger partial charge in [0.1, 0.15) is 0 Å². The highest BCUT2D eigenvalue weighted by molar-refractivity contribution is 4.76. The molecule has 1 atom stereocenters. The predicted octanol–water partition coefficient (Wildman–Crippen LogP) is 2.97. The third-order valence-electron chi connectivity index (χ3n) is 3.43. The van der Waals surface area contributed by atoms with E-state index in [-0.39, 0.29) is 6.10 Å². The topological polar surface area (TPSA) is 20.2 Å². The summed E-state index contributed by atoms with van der Waals surface area (Å²) in [5.41, 5.74) is 0. The summed E-state index contributed by atoms with van der Waals surface area (Å²) in [6.07, 6.45) is 7.44. The normalized spacial score (nSPS) is 33.2. The van der Waals surface area contributed by atoms with Gasteiger partial charge in [0.25, 0.3) is 0 Å². The molecule has 1 heteroatoms. The van der Waals surface area contributed by atoms with E-state index in [1.54, 1.807) is 0 Å². The molecule has 0 heterocycles. The molecule has 1 saturated carbocycles. The van der Waals surface area contributed by atoms with Gasteiger partial charge in [-0.2, -0.15) is 0 Å². The molecule has 0 radical (unpaired) electrons. The van der Waals surface area contributed by atoms with Crippen LogP contribution in [0.4, 0.5) is 0 Å². The average molecular weight is 170 g/mol. The Morgan fingerprint density at radius 3 is 2.17 bits per heavy atom. The Bertz CT molecular complexity index is 114. The second kappa shape index (κ2) is 4.86. The number of hydrogen-bond acceptors (Lipinski definition) is 1. The Morgan fingerprint density at radius 2 is 1.75 bits per heavy atom. The molecule has 1 rings (SSSR count). The van der Waals surface area contributed by atoms with E-state index in [9.17, 15) is 5.11 Å². The second-order valence-corrected chi connectivity index (χ2v) is 4.16. The maximum Gasteiger partial charge on any atom is 0.0565 e. The van der Waals surface area contributed by atoms with Crippen molar-refractivity contribution in [2.75, 3.05) is 0 Å². The van der Waals surface area contributed by atoms with Crippen molar-refractivity contribution < 1.29 is 5.11 Å². The Labute approximate surface area is 76.2 Å². The molecule has 72 valence electrons. The minimum Gasteiger partial charge on any atom is -0.393 e. The molecular weight excluding hydrogens is 148 g/mol. The second-order valence-electron chi connectivity index (χ2n) is 4.16. The van der Waals surface area contributed by atoms with Crippen LogP contribution in [-0.2, 0) is 0 Å². The molecule has 1 unspecified atom stereocenters. The van der Waals surface area contributed by atoms with Crippen LogP contribution in [0.15, 0.2) is 0 Å². The van der Waals surface area contributed by atoms with Crippen molar-refractivity contribution in [1.82, 2.24) is 0 Å². The smallest absolute Gasteiger partial charge is 0.0565 e. The van der Waals surface area contributed by atoms with Crippen LogP contribution in [0, 0.1) is 11.8 Å². The van der Waals surface area contributed by atoms with E-state index in [4.69, 9.17) is 0 Å². The molecule has 1 aliphatic carbocycles. The van der Waals surface area contributed by atoms with Gasteiger partial charge >= 0.3 is 0 Å². The van der Waals surface area contributed by atoms with Crippen LogP contribution in [0.25, 0.3) is 0 Å². The first kappa shape index (κ1) is 10.0. The zero-order chi connectivity index (χ0) is 8.97. The molecule has 0 aromatic heterocycles. The van der Waals surface area contributed by atoms with Gasteiger partial charge in [0.2, 0.25) is 0 Å². The van der Waals surface area contributed by atoms with Gasteiger partial charge in [0, 0.05) is 0 Å². The third kappa shape index (κ3) is 2.48. The zero-order valence-corrected chi connectivity index (χ0v) is 8.42. The summed E-state index contributed by atoms with van der Waals surface area (Å²) >= 11 is 0. The summed E-state index contributed by atoms with van der Waals surface area (Å²) in [5.74, 6) is 1.56. The van der Waals surface area contributed by atoms with Crippen molar-refractivity contribution in [2.24, 2.45) is 11.8 Å². The molecule has 0 amide bonds. The molecular formula is C11H22O. The standard InChI is InChI=1S/C11H22O/c1-3-9-5-7-10(8-6-9)11(12)4-2/h9-12H,3-8H2,1-2H3. The summed E-state index contributed by atoms with van der Waals surface area (Å²) < 4.78 is 0. The molecule has 1 N–H and O–H groups in total. The molecule has 0 aromatic carbocycles. The highest BCUT2D eigenvalue weighted by atomic mass is 16.3. The van der Waals surface area contributed by atoms with Crippen molar-refractivity contribution in [1.29, 1.82) is 0 Å². The fourth-order valence-electron chi connectivity index (χ4n) is 2.31. The molecule has 0 saturated heterocycles. The van der Waals surface area contributed by atoms with E-state index in [2.05, 4.69) is 13.8 Å². The minimum atomic E-state index is -0.0252. The zero-order valence-electron chi connectivity index (χ0n) is 8.42. The van der Waals surface area contributed by atoms with Gasteiger partial charge in [-0.05, 0) is 31.1 Å². The molecule has 0 bridgehead atoms. The summed E-state index contributed by atoms with van der Waals surface area (Å²) in [4.78, 5) is 0. The lowest BCUT2D eigenvalue weighted by Crippen LogP contribution is -2.24. The van der Waals surface area contributed by atoms with E-state index in [0.717, 1.165) is 12.3 Å². The summed E-state index contributed by atoms with van der Waals surface area (Å²) in [6.45, 7) is 4.36. The summed E-state index contributed by atoms with van der Waals surface area (Å²) in [6, 6.07) is 0. The van der Waals surface area contributed by atoms with Crippen LogP contribution in [0.3, 0.4) is 0 Å². The van der Waals surface area contributed by atoms with Crippen molar-refractivity contribution in [2.45, 2.75) is 58.5 Å². The van der Waals surface area contributed by atoms with Gasteiger partial charge in [-0.1, -0.05) is 33.1 Å². The van der Waals surface area contributed by atoms with E-state index in [1.165, 1.54) is 32.1 Å². The molecule has 0 aromatic rings. The fraction of sp³-hybridized carbons (Fsp3) is 1.00. The fourth-order valence-corrected chi connectivity index (χ4v) is 2.31. The van der Waals surface area contributed by atoms with Gasteiger partial charge in [-0.3, -0.25) is 0 Å². The molecule has 0 aliphatic heterocycles. The largest absolute Gasteiger partial charge is 0.393 e. The lowest BCUT2D eigenvalue weighted by atomic mass is 9.78. The van der Waals surface area contributed by atoms with Gasteiger partial charge < -0.3 is 5.11 Å². The Morgan fingerprint density at radius 1 is 1.17 bits per heavy atom. The van der Waals surface area contributed by atoms with E-state index in [0.29, 0.717) is 5.92 Å². The number of aliphatic hydroxyl groups is 1. The number of hydrogen-bond donors (Lipinski definition) is 1. The molecule has 1 aliphatic rings. The highest BCUT2D eigenvalue weighted by Crippen LogP contribution is 2.32. The summed E-state index contributed by atoms with van der Waals surface area (Å²) in [7, 11) is 0. The van der Waals surface area contributed by atoms with Crippen LogP contribution in [0.5, 0.6) is 0 Å². The minimum absolute atomic E-state index is 0.0252. The molecule has 12 heavy (non-hydrogen) atoms. The quantitative estimate of drug-likeness (QED) is 0.690. The van der Waals surface area contributed by atoms with E-state index >= 15 is 0 Å². The number of aliphatic hydroxyl groups excluding tert-OH is 1. The molecule has 1 nitrogen and oxygen atoms in total. The van der Waals surface area contributed by atoms with Crippen molar-refractivity contribution in [3.05, 3.63) is 0 Å². The third-order valence-corrected chi connectivity index (χ3v) is 3.43. The Kier molecular flexibility index (Phi) is 4.07. The van der Waals surface area contributed by atoms with Crippen molar-refractivity contribution in [3.8, 4) is 0 Å². The maximum absolute atomic E-state index is 9.64. The SMILES string of the molecule is CCC1CCC(C(O)CC)CC1. The lowest BCUT2D eigenvalue weighted by Gasteiger charge is -2.30. The lowest BCUT2D eigenvalue weighted by molar-refractivity contribution is 0.0703. The van der Waals surface area contributed by atoms with Gasteiger partial charge in [-0.25, -0.2) is 0 Å². The monoisotopic (exact) mass is 170 g/mol. The van der Waals surface area contributed by atoms with Crippen LogP contribution >= 0.6 is 0 Å². The predicted molar refractivity (Wildman–Crippen MR) is 52.0 cm³/mol. The maximum atomic E-state index is 9.64. The number of rotatable bonds is 3. The van der Waals surface area contributed by atoms with E-state index < -0.39 is 0 Å². The van der Waals surface area contributed by atoms with Crippen LogP contribution in [-0.4, -0.2) is 11.2 Å². The first-order valence-corrected chi connectivity index (χ1v) is 5.46. The summed E-state index contributed by atoms with van der Waals surface area (Å²) in [5, 5.41) is 9.64. The van der Waals surface area contributed by atoms with Gasteiger partial charge in [0.05, 0.1) is 6.10 Å². The molecule has 1 fully saturated rings. The first-order valence-electron chi connectivity index (χ1n) is 5.46. The van der Waals surface area contributed by atoms with Crippen LogP contribution < -0.4 is 0 Å². The average Bonchev–Trinajstić information content (AvgIpc) is 2.17. The van der Waals surface area contributed by atoms with E-state index in [1.807, 2.05) is 0 Å². The van der Waals surface area contributed by atoms with Crippen molar-refractivity contribution in [3.63, 3.8) is 0 Å². The van der Waals surface area contributed by atoms with Crippen LogP contribution in [0.1, 0.15) is 52.4 Å². The van der Waals surface area contributed by atoms with Crippen molar-refractivity contribution >= 4 is 0 Å². The van der Waals surface area contributed by atoms with Gasteiger partial charge in [-0.15, -0.1) is 0 Å². The highest BCUT2D eigenvalue weighted by Gasteiger charge is 2.24. The van der Waals surface area contributed by atoms with Crippen LogP contribution in [0.2, 0.25) is 0 Å². The Balaban J connectivity index is 2.25. The van der Waals surface area contributed by atoms with Gasteiger partial charge in [0.15, 0.2) is 0 Å². The Hall–Kier alpha value is -0.0400.